The minimum absolute atomic E-state index is 0.355. The molecule has 1 aliphatic carbocycles. The van der Waals surface area contributed by atoms with Crippen LogP contribution in [0.5, 0.6) is 0 Å². The molecule has 21 heavy (non-hydrogen) atoms. The third-order valence-electron chi connectivity index (χ3n) is 4.33. The molecule has 0 spiro atoms. The molecule has 112 valence electrons. The molecule has 0 aliphatic heterocycles. The third-order valence-corrected chi connectivity index (χ3v) is 5.49. The van der Waals surface area contributed by atoms with Crippen LogP contribution in [0.3, 0.4) is 0 Å². The first-order chi connectivity index (χ1) is 9.84. The van der Waals surface area contributed by atoms with Crippen molar-refractivity contribution in [1.29, 1.82) is 0 Å². The second-order valence-electron chi connectivity index (χ2n) is 6.91. The van der Waals surface area contributed by atoms with Gasteiger partial charge in [0.05, 0.1) is 11.3 Å². The fourth-order valence-corrected chi connectivity index (χ4v) is 4.09. The van der Waals surface area contributed by atoms with Crippen molar-refractivity contribution in [3.8, 4) is 10.6 Å². The van der Waals surface area contributed by atoms with Crippen molar-refractivity contribution in [3.05, 3.63) is 22.6 Å². The Labute approximate surface area is 129 Å². The van der Waals surface area contributed by atoms with E-state index in [-0.39, 0.29) is 0 Å². The van der Waals surface area contributed by atoms with Gasteiger partial charge in [0.2, 0.25) is 0 Å². The minimum Gasteiger partial charge on any atom is -0.383 e. The van der Waals surface area contributed by atoms with E-state index in [0.717, 1.165) is 29.3 Å². The minimum atomic E-state index is 0.355. The van der Waals surface area contributed by atoms with Crippen molar-refractivity contribution < 1.29 is 0 Å². The number of nitrogens with zero attached hydrogens (tertiary/aromatic N) is 3. The summed E-state index contributed by atoms with van der Waals surface area (Å²) in [4.78, 5) is 14.7. The molecule has 2 aromatic rings. The molecule has 5 heteroatoms. The van der Waals surface area contributed by atoms with Crippen LogP contribution in [0.25, 0.3) is 10.6 Å². The molecule has 0 fully saturated rings. The summed E-state index contributed by atoms with van der Waals surface area (Å²) in [6, 6.07) is 0. The van der Waals surface area contributed by atoms with Crippen molar-refractivity contribution >= 4 is 17.2 Å². The molecule has 1 aliphatic rings. The predicted molar refractivity (Wildman–Crippen MR) is 87.3 cm³/mol. The lowest BCUT2D eigenvalue weighted by Crippen LogP contribution is -2.26. The Balaban J connectivity index is 1.93. The monoisotopic (exact) mass is 302 g/mol. The summed E-state index contributed by atoms with van der Waals surface area (Å²) in [5.74, 6) is 1.95. The molecule has 3 rings (SSSR count). The molecule has 0 saturated heterocycles. The summed E-state index contributed by atoms with van der Waals surface area (Å²) in [5.41, 5.74) is 8.49. The third kappa shape index (κ3) is 2.79. The fourth-order valence-electron chi connectivity index (χ4n) is 2.88. The molecule has 2 aromatic heterocycles. The topological polar surface area (TPSA) is 64.7 Å². The van der Waals surface area contributed by atoms with Crippen molar-refractivity contribution in [2.75, 3.05) is 5.73 Å². The highest BCUT2D eigenvalue weighted by atomic mass is 32.1. The van der Waals surface area contributed by atoms with E-state index in [1.54, 1.807) is 17.5 Å². The van der Waals surface area contributed by atoms with E-state index < -0.39 is 0 Å². The zero-order valence-corrected chi connectivity index (χ0v) is 13.9. The lowest BCUT2D eigenvalue weighted by atomic mass is 9.73. The van der Waals surface area contributed by atoms with E-state index in [1.807, 2.05) is 6.92 Å². The number of anilines is 1. The standard InChI is InChI=1S/C16H22N4S/c1-9-18-8-11(14(17)19-9)15-20-12-6-5-10(16(2,3)4)7-13(12)21-15/h8,10H,5-7H2,1-4H3,(H2,17,18,19). The maximum absolute atomic E-state index is 6.02. The van der Waals surface area contributed by atoms with Crippen LogP contribution in [0, 0.1) is 18.3 Å². The van der Waals surface area contributed by atoms with Gasteiger partial charge < -0.3 is 5.73 Å². The number of hydrogen-bond donors (Lipinski definition) is 1. The van der Waals surface area contributed by atoms with Gasteiger partial charge in [0.1, 0.15) is 16.6 Å². The number of hydrogen-bond acceptors (Lipinski definition) is 5. The Morgan fingerprint density at radius 3 is 2.71 bits per heavy atom. The molecule has 0 bridgehead atoms. The van der Waals surface area contributed by atoms with Gasteiger partial charge in [-0.1, -0.05) is 20.8 Å². The van der Waals surface area contributed by atoms with E-state index in [0.29, 0.717) is 17.1 Å². The Kier molecular flexibility index (Phi) is 3.48. The zero-order chi connectivity index (χ0) is 15.2. The first-order valence-corrected chi connectivity index (χ1v) is 8.24. The van der Waals surface area contributed by atoms with Crippen LogP contribution in [0.2, 0.25) is 0 Å². The molecular weight excluding hydrogens is 280 g/mol. The summed E-state index contributed by atoms with van der Waals surface area (Å²) >= 11 is 1.76. The van der Waals surface area contributed by atoms with Crippen molar-refractivity contribution in [2.24, 2.45) is 11.3 Å². The summed E-state index contributed by atoms with van der Waals surface area (Å²) in [6.07, 6.45) is 5.21. The van der Waals surface area contributed by atoms with Gasteiger partial charge in [-0.2, -0.15) is 0 Å². The number of aryl methyl sites for hydroxylation is 2. The Morgan fingerprint density at radius 2 is 2.05 bits per heavy atom. The summed E-state index contributed by atoms with van der Waals surface area (Å²) in [6.45, 7) is 8.84. The van der Waals surface area contributed by atoms with Crippen LogP contribution in [0.15, 0.2) is 6.20 Å². The van der Waals surface area contributed by atoms with Crippen molar-refractivity contribution in [2.45, 2.75) is 47.0 Å². The molecule has 4 nitrogen and oxygen atoms in total. The fraction of sp³-hybridized carbons (Fsp3) is 0.562. The van der Waals surface area contributed by atoms with Gasteiger partial charge in [-0.15, -0.1) is 11.3 Å². The first-order valence-electron chi connectivity index (χ1n) is 7.42. The molecule has 0 amide bonds. The van der Waals surface area contributed by atoms with E-state index >= 15 is 0 Å². The molecule has 1 unspecified atom stereocenters. The lowest BCUT2D eigenvalue weighted by Gasteiger charge is -2.33. The van der Waals surface area contributed by atoms with E-state index in [4.69, 9.17) is 10.7 Å². The molecule has 0 saturated carbocycles. The van der Waals surface area contributed by atoms with Crippen LogP contribution >= 0.6 is 11.3 Å². The first kappa shape index (κ1) is 14.4. The number of rotatable bonds is 1. The van der Waals surface area contributed by atoms with Gasteiger partial charge in [-0.3, -0.25) is 0 Å². The predicted octanol–water partition coefficient (Wildman–Crippen LogP) is 3.64. The molecule has 0 radical (unpaired) electrons. The number of nitrogen functional groups attached to an aromatic ring is 1. The maximum atomic E-state index is 6.02. The quantitative estimate of drug-likeness (QED) is 0.873. The number of thiazole rings is 1. The van der Waals surface area contributed by atoms with Gasteiger partial charge in [-0.05, 0) is 37.5 Å². The second-order valence-corrected chi connectivity index (χ2v) is 7.99. The maximum Gasteiger partial charge on any atom is 0.137 e. The van der Waals surface area contributed by atoms with Crippen LogP contribution in [-0.4, -0.2) is 15.0 Å². The normalized spacial score (nSPS) is 18.6. The summed E-state index contributed by atoms with van der Waals surface area (Å²) in [5, 5.41) is 0.965. The second kappa shape index (κ2) is 5.05. The average Bonchev–Trinajstić information content (AvgIpc) is 2.79. The Bertz CT molecular complexity index is 669. The van der Waals surface area contributed by atoms with Gasteiger partial charge in [-0.25, -0.2) is 15.0 Å². The Morgan fingerprint density at radius 1 is 1.29 bits per heavy atom. The van der Waals surface area contributed by atoms with E-state index in [9.17, 15) is 0 Å². The van der Waals surface area contributed by atoms with E-state index in [2.05, 4.69) is 30.7 Å². The molecular formula is C16H22N4S. The summed E-state index contributed by atoms with van der Waals surface area (Å²) in [7, 11) is 0. The van der Waals surface area contributed by atoms with Crippen LogP contribution in [0.4, 0.5) is 5.82 Å². The number of nitrogens with two attached hydrogens (primary N) is 1. The van der Waals surface area contributed by atoms with Gasteiger partial charge in [0, 0.05) is 11.1 Å². The highest BCUT2D eigenvalue weighted by Crippen LogP contribution is 2.41. The van der Waals surface area contributed by atoms with Gasteiger partial charge in [0.15, 0.2) is 0 Å². The van der Waals surface area contributed by atoms with Crippen LogP contribution < -0.4 is 5.73 Å². The summed E-state index contributed by atoms with van der Waals surface area (Å²) < 4.78 is 0. The smallest absolute Gasteiger partial charge is 0.137 e. The zero-order valence-electron chi connectivity index (χ0n) is 13.1. The van der Waals surface area contributed by atoms with Crippen LogP contribution in [-0.2, 0) is 12.8 Å². The van der Waals surface area contributed by atoms with Gasteiger partial charge >= 0.3 is 0 Å². The van der Waals surface area contributed by atoms with E-state index in [1.165, 1.54) is 17.0 Å². The van der Waals surface area contributed by atoms with Crippen molar-refractivity contribution in [3.63, 3.8) is 0 Å². The lowest BCUT2D eigenvalue weighted by molar-refractivity contribution is 0.217. The molecule has 1 atom stereocenters. The number of fused-ring (bicyclic) bond motifs is 1. The van der Waals surface area contributed by atoms with Gasteiger partial charge in [0.25, 0.3) is 0 Å². The molecule has 2 N–H and O–H groups in total. The number of aromatic nitrogens is 3. The highest BCUT2D eigenvalue weighted by molar-refractivity contribution is 7.15. The molecule has 2 heterocycles. The average molecular weight is 302 g/mol. The largest absolute Gasteiger partial charge is 0.383 e. The van der Waals surface area contributed by atoms with Crippen molar-refractivity contribution in [1.82, 2.24) is 15.0 Å². The SMILES string of the molecule is Cc1ncc(-c2nc3c(s2)CC(C(C)(C)C)CC3)c(N)n1. The van der Waals surface area contributed by atoms with Crippen LogP contribution in [0.1, 0.15) is 43.6 Å². The highest BCUT2D eigenvalue weighted by Gasteiger charge is 2.31. The Hall–Kier alpha value is -1.49. The molecule has 0 aromatic carbocycles.